The van der Waals surface area contributed by atoms with Crippen molar-refractivity contribution < 1.29 is 9.53 Å². The number of benzene rings is 1. The number of pyridine rings is 1. The summed E-state index contributed by atoms with van der Waals surface area (Å²) in [5, 5.41) is 2.80. The first-order valence-corrected chi connectivity index (χ1v) is 7.96. The molecular weight excluding hydrogens is 290 g/mol. The summed E-state index contributed by atoms with van der Waals surface area (Å²) in [5.41, 5.74) is 2.77. The Kier molecular flexibility index (Phi) is 3.50. The summed E-state index contributed by atoms with van der Waals surface area (Å²) in [4.78, 5) is 18.4. The zero-order valence-electron chi connectivity index (χ0n) is 12.9. The first-order valence-electron chi connectivity index (χ1n) is 7.96. The number of hydrogen-bond acceptors (Lipinski definition) is 4. The molecule has 5 heteroatoms. The number of piperidine rings is 1. The average Bonchev–Trinajstić information content (AvgIpc) is 2.58. The normalized spacial score (nSPS) is 19.7. The molecule has 0 unspecified atom stereocenters. The van der Waals surface area contributed by atoms with Crippen LogP contribution in [-0.2, 0) is 16.9 Å². The smallest absolute Gasteiger partial charge is 0.412 e. The van der Waals surface area contributed by atoms with Gasteiger partial charge in [-0.25, -0.2) is 4.79 Å². The molecule has 4 rings (SSSR count). The van der Waals surface area contributed by atoms with Gasteiger partial charge in [0.25, 0.3) is 0 Å². The highest BCUT2D eigenvalue weighted by Crippen LogP contribution is 2.43. The Morgan fingerprint density at radius 3 is 2.65 bits per heavy atom. The van der Waals surface area contributed by atoms with E-state index in [0.29, 0.717) is 0 Å². The number of fused-ring (bicyclic) bond motifs is 2. The standard InChI is InChI=1S/C18H19N3O2/c22-17-20-16-4-2-1-3-15(16)18(23-17)7-11-21(12-8-18)13-14-5-9-19-10-6-14/h1-6,9-10H,7-8,11-13H2,(H,20,22). The molecule has 5 nitrogen and oxygen atoms in total. The molecule has 1 spiro atoms. The van der Waals surface area contributed by atoms with Crippen molar-refractivity contribution in [3.63, 3.8) is 0 Å². The molecular formula is C18H19N3O2. The van der Waals surface area contributed by atoms with Crippen LogP contribution in [0.2, 0.25) is 0 Å². The van der Waals surface area contributed by atoms with Gasteiger partial charge in [-0.15, -0.1) is 0 Å². The number of aromatic nitrogens is 1. The number of ether oxygens (including phenoxy) is 1. The predicted molar refractivity (Wildman–Crippen MR) is 87.0 cm³/mol. The van der Waals surface area contributed by atoms with E-state index in [1.165, 1.54) is 5.56 Å². The van der Waals surface area contributed by atoms with Gasteiger partial charge in [0.15, 0.2) is 0 Å². The molecule has 0 atom stereocenters. The number of carbonyl (C=O) groups excluding carboxylic acids is 1. The second kappa shape index (κ2) is 5.66. The average molecular weight is 309 g/mol. The maximum Gasteiger partial charge on any atom is 0.412 e. The number of para-hydroxylation sites is 1. The van der Waals surface area contributed by atoms with Crippen LogP contribution in [0.25, 0.3) is 0 Å². The van der Waals surface area contributed by atoms with Gasteiger partial charge in [0.05, 0.1) is 5.69 Å². The van der Waals surface area contributed by atoms with Crippen LogP contribution >= 0.6 is 0 Å². The SMILES string of the molecule is O=C1Nc2ccccc2C2(CCN(Cc3ccncc3)CC2)O1. The van der Waals surface area contributed by atoms with Crippen molar-refractivity contribution in [1.29, 1.82) is 0 Å². The van der Waals surface area contributed by atoms with E-state index >= 15 is 0 Å². The number of rotatable bonds is 2. The minimum Gasteiger partial charge on any atom is -0.438 e. The third-order valence-corrected chi connectivity index (χ3v) is 4.76. The molecule has 1 aromatic heterocycles. The number of nitrogens with zero attached hydrogens (tertiary/aromatic N) is 2. The molecule has 0 saturated carbocycles. The Bertz CT molecular complexity index is 709. The third-order valence-electron chi connectivity index (χ3n) is 4.76. The summed E-state index contributed by atoms with van der Waals surface area (Å²) >= 11 is 0. The van der Waals surface area contributed by atoms with Gasteiger partial charge in [0.2, 0.25) is 0 Å². The highest BCUT2D eigenvalue weighted by molar-refractivity contribution is 5.88. The summed E-state index contributed by atoms with van der Waals surface area (Å²) in [7, 11) is 0. The van der Waals surface area contributed by atoms with E-state index < -0.39 is 5.60 Å². The molecule has 0 radical (unpaired) electrons. The van der Waals surface area contributed by atoms with Gasteiger partial charge in [0, 0.05) is 50.4 Å². The molecule has 0 aliphatic carbocycles. The van der Waals surface area contributed by atoms with Crippen molar-refractivity contribution in [1.82, 2.24) is 9.88 Å². The largest absolute Gasteiger partial charge is 0.438 e. The Morgan fingerprint density at radius 1 is 1.13 bits per heavy atom. The van der Waals surface area contributed by atoms with Crippen molar-refractivity contribution in [2.75, 3.05) is 18.4 Å². The minimum absolute atomic E-state index is 0.341. The van der Waals surface area contributed by atoms with Gasteiger partial charge >= 0.3 is 6.09 Å². The molecule has 2 aliphatic heterocycles. The lowest BCUT2D eigenvalue weighted by Gasteiger charge is -2.44. The summed E-state index contributed by atoms with van der Waals surface area (Å²) in [6, 6.07) is 12.0. The highest BCUT2D eigenvalue weighted by atomic mass is 16.6. The summed E-state index contributed by atoms with van der Waals surface area (Å²) in [5.74, 6) is 0. The molecule has 23 heavy (non-hydrogen) atoms. The van der Waals surface area contributed by atoms with E-state index in [1.807, 2.05) is 42.7 Å². The van der Waals surface area contributed by atoms with Crippen LogP contribution in [0.3, 0.4) is 0 Å². The van der Waals surface area contributed by atoms with Gasteiger partial charge < -0.3 is 4.74 Å². The van der Waals surface area contributed by atoms with Crippen LogP contribution in [0.15, 0.2) is 48.8 Å². The quantitative estimate of drug-likeness (QED) is 0.926. The van der Waals surface area contributed by atoms with Crippen molar-refractivity contribution in [2.45, 2.75) is 25.0 Å². The Labute approximate surface area is 135 Å². The number of amides is 1. The molecule has 2 aromatic rings. The first kappa shape index (κ1) is 14.2. The van der Waals surface area contributed by atoms with Crippen LogP contribution in [-0.4, -0.2) is 29.1 Å². The molecule has 1 N–H and O–H groups in total. The van der Waals surface area contributed by atoms with Gasteiger partial charge in [-0.1, -0.05) is 18.2 Å². The maximum absolute atomic E-state index is 11.9. The number of carbonyl (C=O) groups is 1. The maximum atomic E-state index is 11.9. The summed E-state index contributed by atoms with van der Waals surface area (Å²) < 4.78 is 5.75. The fourth-order valence-electron chi connectivity index (χ4n) is 3.55. The van der Waals surface area contributed by atoms with Gasteiger partial charge in [0.1, 0.15) is 5.60 Å². The number of anilines is 1. The number of likely N-dealkylation sites (tertiary alicyclic amines) is 1. The topological polar surface area (TPSA) is 54.5 Å². The molecule has 1 amide bonds. The lowest BCUT2D eigenvalue weighted by molar-refractivity contribution is -0.0393. The summed E-state index contributed by atoms with van der Waals surface area (Å²) in [6.07, 6.45) is 4.95. The van der Waals surface area contributed by atoms with Crippen LogP contribution < -0.4 is 5.32 Å². The van der Waals surface area contributed by atoms with Gasteiger partial charge in [-0.05, 0) is 23.8 Å². The zero-order valence-corrected chi connectivity index (χ0v) is 12.9. The molecule has 3 heterocycles. The van der Waals surface area contributed by atoms with Crippen LogP contribution in [0.4, 0.5) is 10.5 Å². The van der Waals surface area contributed by atoms with E-state index in [4.69, 9.17) is 4.74 Å². The molecule has 2 aliphatic rings. The van der Waals surface area contributed by atoms with Crippen molar-refractivity contribution in [3.05, 3.63) is 59.9 Å². The third kappa shape index (κ3) is 2.68. The first-order chi connectivity index (χ1) is 11.3. The molecule has 118 valence electrons. The second-order valence-corrected chi connectivity index (χ2v) is 6.19. The van der Waals surface area contributed by atoms with Crippen molar-refractivity contribution >= 4 is 11.8 Å². The summed E-state index contributed by atoms with van der Waals surface area (Å²) in [6.45, 7) is 2.72. The number of nitrogens with one attached hydrogen (secondary N) is 1. The van der Waals surface area contributed by atoms with E-state index in [1.54, 1.807) is 0 Å². The predicted octanol–water partition coefficient (Wildman–Crippen LogP) is 3.14. The minimum atomic E-state index is -0.479. The fourth-order valence-corrected chi connectivity index (χ4v) is 3.55. The zero-order chi connectivity index (χ0) is 15.7. The molecule has 1 aromatic carbocycles. The number of hydrogen-bond donors (Lipinski definition) is 1. The van der Waals surface area contributed by atoms with Gasteiger partial charge in [-0.3, -0.25) is 15.2 Å². The monoisotopic (exact) mass is 309 g/mol. The van der Waals surface area contributed by atoms with E-state index in [-0.39, 0.29) is 6.09 Å². The van der Waals surface area contributed by atoms with Crippen LogP contribution in [0.5, 0.6) is 0 Å². The molecule has 1 fully saturated rings. The van der Waals surface area contributed by atoms with Crippen molar-refractivity contribution in [3.8, 4) is 0 Å². The highest BCUT2D eigenvalue weighted by Gasteiger charge is 2.44. The molecule has 1 saturated heterocycles. The second-order valence-electron chi connectivity index (χ2n) is 6.19. The van der Waals surface area contributed by atoms with Crippen LogP contribution in [0, 0.1) is 0 Å². The lowest BCUT2D eigenvalue weighted by Crippen LogP contribution is -2.48. The Morgan fingerprint density at radius 2 is 1.87 bits per heavy atom. The fraction of sp³-hybridized carbons (Fsp3) is 0.333. The Hall–Kier alpha value is -2.40. The van der Waals surface area contributed by atoms with E-state index in [2.05, 4.69) is 21.3 Å². The van der Waals surface area contributed by atoms with E-state index in [0.717, 1.165) is 43.7 Å². The Balaban J connectivity index is 1.52. The van der Waals surface area contributed by atoms with Crippen LogP contribution in [0.1, 0.15) is 24.0 Å². The van der Waals surface area contributed by atoms with Gasteiger partial charge in [-0.2, -0.15) is 0 Å². The van der Waals surface area contributed by atoms with E-state index in [9.17, 15) is 4.79 Å². The lowest BCUT2D eigenvalue weighted by atomic mass is 9.82. The molecule has 0 bridgehead atoms. The van der Waals surface area contributed by atoms with Crippen molar-refractivity contribution in [2.24, 2.45) is 0 Å².